The van der Waals surface area contributed by atoms with Gasteiger partial charge in [-0.1, -0.05) is 0 Å². The number of imide groups is 1. The fourth-order valence-electron chi connectivity index (χ4n) is 1.18. The molecule has 5 nitrogen and oxygen atoms in total. The fraction of sp³-hybridized carbons (Fsp3) is 0.286. The number of hydrogen-bond acceptors (Lipinski definition) is 4. The van der Waals surface area contributed by atoms with Crippen LogP contribution in [0.15, 0.2) is 10.9 Å². The van der Waals surface area contributed by atoms with Crippen molar-refractivity contribution in [1.29, 1.82) is 0 Å². The Morgan fingerprint density at radius 1 is 1.54 bits per heavy atom. The minimum atomic E-state index is -1.00. The number of nitrogens with one attached hydrogen (secondary N) is 2. The average Bonchev–Trinajstić information content (AvgIpc) is 2.61. The summed E-state index contributed by atoms with van der Waals surface area (Å²) in [6, 6.07) is -0.472. The molecule has 0 radical (unpaired) electrons. The molecule has 1 fully saturated rings. The van der Waals surface area contributed by atoms with E-state index in [2.05, 4.69) is 15.6 Å². The number of carbonyl (C=O) groups excluding carboxylic acids is 2. The first-order valence-electron chi connectivity index (χ1n) is 3.65. The van der Waals surface area contributed by atoms with Gasteiger partial charge in [-0.2, -0.15) is 0 Å². The quantitative estimate of drug-likeness (QED) is 0.632. The van der Waals surface area contributed by atoms with Gasteiger partial charge < -0.3 is 5.32 Å². The molecule has 13 heavy (non-hydrogen) atoms. The van der Waals surface area contributed by atoms with Crippen LogP contribution in [0.4, 0.5) is 4.79 Å². The number of rotatable bonds is 1. The first kappa shape index (κ1) is 8.18. The number of amides is 3. The highest BCUT2D eigenvalue weighted by atomic mass is 32.1. The van der Waals surface area contributed by atoms with Crippen molar-refractivity contribution in [2.24, 2.45) is 0 Å². The zero-order valence-electron chi connectivity index (χ0n) is 6.83. The molecule has 1 aromatic heterocycles. The van der Waals surface area contributed by atoms with Crippen molar-refractivity contribution < 1.29 is 9.59 Å². The van der Waals surface area contributed by atoms with E-state index in [1.807, 2.05) is 0 Å². The highest BCUT2D eigenvalue weighted by molar-refractivity contribution is 7.07. The van der Waals surface area contributed by atoms with E-state index in [-0.39, 0.29) is 5.91 Å². The molecule has 1 atom stereocenters. The van der Waals surface area contributed by atoms with E-state index in [0.29, 0.717) is 5.69 Å². The Kier molecular flexibility index (Phi) is 1.59. The van der Waals surface area contributed by atoms with Crippen LogP contribution in [-0.2, 0) is 10.3 Å². The van der Waals surface area contributed by atoms with E-state index < -0.39 is 11.6 Å². The standard InChI is InChI=1S/C7H7N3O2S/c1-7(4-2-13-3-8-4)5(11)9-6(12)10-7/h2-3H,1H3,(H2,9,10,11,12). The average molecular weight is 197 g/mol. The van der Waals surface area contributed by atoms with Gasteiger partial charge in [0.2, 0.25) is 0 Å². The SMILES string of the molecule is CC1(c2cscn2)NC(=O)NC1=O. The van der Waals surface area contributed by atoms with Crippen molar-refractivity contribution in [3.8, 4) is 0 Å². The number of thiazole rings is 1. The molecule has 6 heteroatoms. The second-order valence-corrected chi connectivity index (χ2v) is 3.63. The van der Waals surface area contributed by atoms with Crippen molar-refractivity contribution in [2.45, 2.75) is 12.5 Å². The number of hydrogen-bond donors (Lipinski definition) is 2. The van der Waals surface area contributed by atoms with Gasteiger partial charge in [-0.25, -0.2) is 9.78 Å². The molecule has 3 amide bonds. The molecule has 1 saturated heterocycles. The Labute approximate surface area is 78.2 Å². The molecule has 2 N–H and O–H groups in total. The largest absolute Gasteiger partial charge is 0.322 e. The zero-order valence-corrected chi connectivity index (χ0v) is 7.64. The predicted molar refractivity (Wildman–Crippen MR) is 46.1 cm³/mol. The smallest absolute Gasteiger partial charge is 0.318 e. The summed E-state index contributed by atoms with van der Waals surface area (Å²) in [6.45, 7) is 1.63. The molecular formula is C7H7N3O2S. The van der Waals surface area contributed by atoms with Crippen LogP contribution < -0.4 is 10.6 Å². The minimum absolute atomic E-state index is 0.358. The number of carbonyl (C=O) groups is 2. The van der Waals surface area contributed by atoms with Crippen LogP contribution in [-0.4, -0.2) is 16.9 Å². The van der Waals surface area contributed by atoms with E-state index >= 15 is 0 Å². The van der Waals surface area contributed by atoms with Crippen molar-refractivity contribution >= 4 is 23.3 Å². The molecule has 1 aliphatic heterocycles. The first-order chi connectivity index (χ1) is 6.13. The lowest BCUT2D eigenvalue weighted by molar-refractivity contribution is -0.123. The van der Waals surface area contributed by atoms with Crippen LogP contribution >= 0.6 is 11.3 Å². The Morgan fingerprint density at radius 2 is 2.31 bits per heavy atom. The van der Waals surface area contributed by atoms with E-state index in [1.54, 1.807) is 17.8 Å². The third-order valence-corrected chi connectivity index (χ3v) is 2.58. The maximum atomic E-state index is 11.4. The summed E-state index contributed by atoms with van der Waals surface area (Å²) in [5, 5.41) is 6.44. The molecule has 1 aromatic rings. The lowest BCUT2D eigenvalue weighted by Gasteiger charge is -2.16. The number of nitrogens with zero attached hydrogens (tertiary/aromatic N) is 1. The van der Waals surface area contributed by atoms with Gasteiger partial charge in [0.25, 0.3) is 5.91 Å². The third-order valence-electron chi connectivity index (χ3n) is 1.99. The molecule has 2 rings (SSSR count). The maximum Gasteiger partial charge on any atom is 0.322 e. The van der Waals surface area contributed by atoms with Crippen LogP contribution in [0.5, 0.6) is 0 Å². The summed E-state index contributed by atoms with van der Waals surface area (Å²) in [5.41, 5.74) is 1.19. The molecule has 2 heterocycles. The van der Waals surface area contributed by atoms with Crippen molar-refractivity contribution in [2.75, 3.05) is 0 Å². The van der Waals surface area contributed by atoms with Crippen molar-refractivity contribution in [3.05, 3.63) is 16.6 Å². The second kappa shape index (κ2) is 2.53. The molecular weight excluding hydrogens is 190 g/mol. The van der Waals surface area contributed by atoms with Gasteiger partial charge in [-0.3, -0.25) is 10.1 Å². The molecule has 0 aliphatic carbocycles. The predicted octanol–water partition coefficient (Wildman–Crippen LogP) is 0.198. The lowest BCUT2D eigenvalue weighted by Crippen LogP contribution is -2.40. The molecule has 0 saturated carbocycles. The fourth-order valence-corrected chi connectivity index (χ4v) is 1.84. The summed E-state index contributed by atoms with van der Waals surface area (Å²) in [6.07, 6.45) is 0. The highest BCUT2D eigenvalue weighted by Crippen LogP contribution is 2.23. The number of urea groups is 1. The van der Waals surface area contributed by atoms with E-state index in [4.69, 9.17) is 0 Å². The number of aromatic nitrogens is 1. The zero-order chi connectivity index (χ0) is 9.47. The van der Waals surface area contributed by atoms with Gasteiger partial charge in [-0.15, -0.1) is 11.3 Å². The first-order valence-corrected chi connectivity index (χ1v) is 4.59. The molecule has 68 valence electrons. The van der Waals surface area contributed by atoms with Crippen molar-refractivity contribution in [1.82, 2.24) is 15.6 Å². The van der Waals surface area contributed by atoms with E-state index in [1.165, 1.54) is 11.3 Å². The summed E-state index contributed by atoms with van der Waals surface area (Å²) < 4.78 is 0. The normalized spacial score (nSPS) is 27.2. The van der Waals surface area contributed by atoms with Crippen LogP contribution in [0.1, 0.15) is 12.6 Å². The van der Waals surface area contributed by atoms with Gasteiger partial charge in [0.15, 0.2) is 5.54 Å². The van der Waals surface area contributed by atoms with Crippen LogP contribution in [0.2, 0.25) is 0 Å². The highest BCUT2D eigenvalue weighted by Gasteiger charge is 2.44. The third kappa shape index (κ3) is 1.10. The van der Waals surface area contributed by atoms with E-state index in [9.17, 15) is 9.59 Å². The Morgan fingerprint density at radius 3 is 2.77 bits per heavy atom. The molecule has 1 unspecified atom stereocenters. The Bertz CT molecular complexity index is 362. The van der Waals surface area contributed by atoms with Gasteiger partial charge >= 0.3 is 6.03 Å². The van der Waals surface area contributed by atoms with Gasteiger partial charge in [0.05, 0.1) is 11.2 Å². The molecule has 1 aliphatic rings. The Hall–Kier alpha value is -1.43. The van der Waals surface area contributed by atoms with Crippen molar-refractivity contribution in [3.63, 3.8) is 0 Å². The van der Waals surface area contributed by atoms with E-state index in [0.717, 1.165) is 0 Å². The summed E-state index contributed by atoms with van der Waals surface area (Å²) in [4.78, 5) is 26.3. The summed E-state index contributed by atoms with van der Waals surface area (Å²) in [7, 11) is 0. The molecule has 0 spiro atoms. The monoisotopic (exact) mass is 197 g/mol. The van der Waals surface area contributed by atoms with Gasteiger partial charge in [0, 0.05) is 5.38 Å². The van der Waals surface area contributed by atoms with Gasteiger partial charge in [0.1, 0.15) is 0 Å². The van der Waals surface area contributed by atoms with Gasteiger partial charge in [-0.05, 0) is 6.92 Å². The van der Waals surface area contributed by atoms with Crippen LogP contribution in [0.3, 0.4) is 0 Å². The van der Waals surface area contributed by atoms with Crippen LogP contribution in [0.25, 0.3) is 0 Å². The minimum Gasteiger partial charge on any atom is -0.318 e. The molecule has 0 aromatic carbocycles. The molecule has 0 bridgehead atoms. The second-order valence-electron chi connectivity index (χ2n) is 2.91. The summed E-state index contributed by atoms with van der Waals surface area (Å²) >= 11 is 1.39. The summed E-state index contributed by atoms with van der Waals surface area (Å²) in [5.74, 6) is -0.358. The lowest BCUT2D eigenvalue weighted by atomic mass is 10.00. The Balaban J connectivity index is 2.42. The maximum absolute atomic E-state index is 11.4. The topological polar surface area (TPSA) is 71.1 Å². The van der Waals surface area contributed by atoms with Crippen LogP contribution in [0, 0.1) is 0 Å².